The highest BCUT2D eigenvalue weighted by Crippen LogP contribution is 2.48. The Morgan fingerprint density at radius 2 is 1.84 bits per heavy atom. The molecule has 2 N–H and O–H groups in total. The number of benzene rings is 1. The molecule has 3 atom stereocenters. The summed E-state index contributed by atoms with van der Waals surface area (Å²) in [7, 11) is 0. The highest BCUT2D eigenvalue weighted by atomic mass is 19.4. The van der Waals surface area contributed by atoms with Gasteiger partial charge >= 0.3 is 12.2 Å². The van der Waals surface area contributed by atoms with Crippen molar-refractivity contribution in [2.24, 2.45) is 5.41 Å². The highest BCUT2D eigenvalue weighted by Gasteiger charge is 2.64. The van der Waals surface area contributed by atoms with Crippen LogP contribution in [0.25, 0.3) is 0 Å². The lowest BCUT2D eigenvalue weighted by atomic mass is 9.66. The number of nitro groups is 1. The first-order valence-electron chi connectivity index (χ1n) is 8.88. The molecule has 0 radical (unpaired) electrons. The molecule has 10 nitrogen and oxygen atoms in total. The predicted molar refractivity (Wildman–Crippen MR) is 99.2 cm³/mol. The van der Waals surface area contributed by atoms with Crippen molar-refractivity contribution in [1.82, 2.24) is 10.6 Å². The van der Waals surface area contributed by atoms with Gasteiger partial charge in [0.15, 0.2) is 11.5 Å². The molecule has 2 fully saturated rings. The summed E-state index contributed by atoms with van der Waals surface area (Å²) in [5.74, 6) is -1.99. The molecule has 13 heteroatoms. The molecule has 3 aliphatic heterocycles. The van der Waals surface area contributed by atoms with Crippen LogP contribution in [0.2, 0.25) is 0 Å². The van der Waals surface area contributed by atoms with Gasteiger partial charge in [-0.15, -0.1) is 0 Å². The third kappa shape index (κ3) is 3.28. The fourth-order valence-corrected chi connectivity index (χ4v) is 4.52. The molecule has 3 aliphatic rings. The summed E-state index contributed by atoms with van der Waals surface area (Å²) in [5, 5.41) is 15.1. The lowest BCUT2D eigenvalue weighted by molar-refractivity contribution is -0.384. The summed E-state index contributed by atoms with van der Waals surface area (Å²) in [4.78, 5) is 49.0. The molecular weight excluding hydrogens is 425 g/mol. The van der Waals surface area contributed by atoms with Crippen LogP contribution in [0.1, 0.15) is 19.9 Å². The number of nitrogens with zero attached hydrogens (tertiary/aromatic N) is 2. The minimum absolute atomic E-state index is 0. The number of barbiturate groups is 1. The average Bonchev–Trinajstić information content (AvgIpc) is 2.64. The van der Waals surface area contributed by atoms with Gasteiger partial charge < -0.3 is 9.64 Å². The molecule has 31 heavy (non-hydrogen) atoms. The van der Waals surface area contributed by atoms with Crippen LogP contribution < -0.4 is 15.5 Å². The van der Waals surface area contributed by atoms with Crippen molar-refractivity contribution in [3.63, 3.8) is 0 Å². The number of hydrogen-bond donors (Lipinski definition) is 2. The Labute approximate surface area is 173 Å². The number of fused-ring (bicyclic) bond motifs is 4. The Kier molecular flexibility index (Phi) is 5.20. The number of halogens is 3. The summed E-state index contributed by atoms with van der Waals surface area (Å²) >= 11 is 0. The molecule has 0 saturated carbocycles. The number of carbonyl (C=O) groups is 3. The van der Waals surface area contributed by atoms with E-state index in [2.05, 4.69) is 0 Å². The number of anilines is 1. The molecule has 0 bridgehead atoms. The SMILES string of the molecule is C.C[C@@H]1O[C@H](C(F)(F)F)CN2c3ccc([N+](=O)[O-])cc3CC3(C(=O)NC(=O)NC3=O)[C@@H]12. The average molecular weight is 444 g/mol. The first-order chi connectivity index (χ1) is 13.9. The van der Waals surface area contributed by atoms with E-state index in [9.17, 15) is 37.7 Å². The predicted octanol–water partition coefficient (Wildman–Crippen LogP) is 1.66. The van der Waals surface area contributed by atoms with Crippen LogP contribution in [0.15, 0.2) is 18.2 Å². The Hall–Kier alpha value is -3.22. The summed E-state index contributed by atoms with van der Waals surface area (Å²) in [6, 6.07) is 1.33. The van der Waals surface area contributed by atoms with Crippen molar-refractivity contribution in [2.45, 2.75) is 45.2 Å². The molecule has 1 aromatic carbocycles. The molecule has 2 saturated heterocycles. The van der Waals surface area contributed by atoms with Gasteiger partial charge in [0.05, 0.1) is 23.6 Å². The molecule has 0 aromatic heterocycles. The number of non-ortho nitro benzene ring substituents is 1. The van der Waals surface area contributed by atoms with Crippen molar-refractivity contribution in [3.8, 4) is 0 Å². The van der Waals surface area contributed by atoms with Crippen LogP contribution in [0, 0.1) is 15.5 Å². The number of imide groups is 2. The van der Waals surface area contributed by atoms with E-state index in [0.717, 1.165) is 12.1 Å². The van der Waals surface area contributed by atoms with Crippen LogP contribution >= 0.6 is 0 Å². The minimum atomic E-state index is -4.71. The van der Waals surface area contributed by atoms with E-state index >= 15 is 0 Å². The first kappa shape index (κ1) is 22.5. The minimum Gasteiger partial charge on any atom is -0.362 e. The van der Waals surface area contributed by atoms with Gasteiger partial charge in [0.25, 0.3) is 5.69 Å². The van der Waals surface area contributed by atoms with Crippen molar-refractivity contribution in [3.05, 3.63) is 33.9 Å². The van der Waals surface area contributed by atoms with Crippen LogP contribution in [-0.4, -0.2) is 53.7 Å². The maximum atomic E-state index is 13.4. The Morgan fingerprint density at radius 1 is 1.23 bits per heavy atom. The summed E-state index contributed by atoms with van der Waals surface area (Å²) in [6.07, 6.45) is -8.48. The van der Waals surface area contributed by atoms with Gasteiger partial charge in [0, 0.05) is 24.2 Å². The van der Waals surface area contributed by atoms with Gasteiger partial charge in [0.1, 0.15) is 0 Å². The zero-order valence-electron chi connectivity index (χ0n) is 15.4. The monoisotopic (exact) mass is 444 g/mol. The summed E-state index contributed by atoms with van der Waals surface area (Å²) < 4.78 is 45.4. The van der Waals surface area contributed by atoms with Gasteiger partial charge in [-0.3, -0.25) is 30.3 Å². The zero-order valence-corrected chi connectivity index (χ0v) is 15.4. The molecule has 0 aliphatic carbocycles. The van der Waals surface area contributed by atoms with E-state index in [1.165, 1.54) is 17.9 Å². The molecule has 168 valence electrons. The van der Waals surface area contributed by atoms with Crippen LogP contribution in [-0.2, 0) is 20.7 Å². The standard InChI is InChI=1S/C17H15F3N4O6.CH4/c1-7-12-16(13(25)21-15(27)22-14(16)26)5-8-4-9(24(28)29)2-3-10(8)23(12)6-11(30-7)17(18,19)20;/h2-4,7,11-12H,5-6H2,1H3,(H2,21,22,25,26,27);1H4/t7-,11-,12+;/m0./s1. The van der Waals surface area contributed by atoms with E-state index in [1.807, 2.05) is 10.6 Å². The normalized spacial score (nSPS) is 26.9. The van der Waals surface area contributed by atoms with Gasteiger partial charge in [-0.1, -0.05) is 7.43 Å². The maximum Gasteiger partial charge on any atom is 0.416 e. The van der Waals surface area contributed by atoms with E-state index < -0.39 is 59.2 Å². The van der Waals surface area contributed by atoms with Crippen molar-refractivity contribution >= 4 is 29.2 Å². The van der Waals surface area contributed by atoms with Gasteiger partial charge in [0.2, 0.25) is 11.8 Å². The maximum absolute atomic E-state index is 13.4. The smallest absolute Gasteiger partial charge is 0.362 e. The van der Waals surface area contributed by atoms with Gasteiger partial charge in [-0.05, 0) is 18.6 Å². The van der Waals surface area contributed by atoms with Gasteiger partial charge in [-0.25, -0.2) is 4.79 Å². The highest BCUT2D eigenvalue weighted by molar-refractivity contribution is 6.20. The number of alkyl halides is 3. The molecule has 1 spiro atoms. The Morgan fingerprint density at radius 3 is 2.39 bits per heavy atom. The number of nitrogens with one attached hydrogen (secondary N) is 2. The van der Waals surface area contributed by atoms with E-state index in [1.54, 1.807) is 0 Å². The molecule has 4 amide bonds. The Bertz CT molecular complexity index is 962. The van der Waals surface area contributed by atoms with E-state index in [-0.39, 0.29) is 30.8 Å². The summed E-state index contributed by atoms with van der Waals surface area (Å²) in [5.41, 5.74) is -1.97. The topological polar surface area (TPSA) is 131 Å². The third-order valence-corrected chi connectivity index (χ3v) is 5.71. The summed E-state index contributed by atoms with van der Waals surface area (Å²) in [6.45, 7) is 0.588. The lowest BCUT2D eigenvalue weighted by Crippen LogP contribution is -2.76. The number of amides is 4. The molecule has 1 aromatic rings. The van der Waals surface area contributed by atoms with Crippen molar-refractivity contribution < 1.29 is 37.2 Å². The number of nitro benzene ring substituents is 1. The molecule has 4 rings (SSSR count). The van der Waals surface area contributed by atoms with Crippen LogP contribution in [0.5, 0.6) is 0 Å². The van der Waals surface area contributed by atoms with Crippen molar-refractivity contribution in [2.75, 3.05) is 11.4 Å². The zero-order chi connectivity index (χ0) is 22.0. The second kappa shape index (κ2) is 7.18. The second-order valence-corrected chi connectivity index (χ2v) is 7.42. The third-order valence-electron chi connectivity index (χ3n) is 5.71. The quantitative estimate of drug-likeness (QED) is 0.383. The largest absolute Gasteiger partial charge is 0.416 e. The second-order valence-electron chi connectivity index (χ2n) is 7.42. The van der Waals surface area contributed by atoms with Gasteiger partial charge in [-0.2, -0.15) is 13.2 Å². The molecule has 3 heterocycles. The van der Waals surface area contributed by atoms with E-state index in [0.29, 0.717) is 0 Å². The fourth-order valence-electron chi connectivity index (χ4n) is 4.52. The molecular formula is C18H19F3N4O6. The lowest BCUT2D eigenvalue weighted by Gasteiger charge is -2.55. The molecule has 0 unspecified atom stereocenters. The number of hydrogen-bond acceptors (Lipinski definition) is 7. The fraction of sp³-hybridized carbons (Fsp3) is 0.500. The Balaban J connectivity index is 0.00000272. The number of rotatable bonds is 1. The first-order valence-corrected chi connectivity index (χ1v) is 8.88. The van der Waals surface area contributed by atoms with Crippen molar-refractivity contribution in [1.29, 1.82) is 0 Å². The van der Waals surface area contributed by atoms with Crippen LogP contribution in [0.3, 0.4) is 0 Å². The number of morpholine rings is 1. The van der Waals surface area contributed by atoms with Crippen LogP contribution in [0.4, 0.5) is 29.3 Å². The van der Waals surface area contributed by atoms with E-state index in [4.69, 9.17) is 4.74 Å². The number of urea groups is 1. The number of ether oxygens (including phenoxy) is 1. The number of carbonyl (C=O) groups excluding carboxylic acids is 3.